The largest absolute Gasteiger partial charge is 0.398 e. The van der Waals surface area contributed by atoms with Gasteiger partial charge in [0.05, 0.1) is 5.41 Å². The van der Waals surface area contributed by atoms with E-state index in [2.05, 4.69) is 96.8 Å². The Balaban J connectivity index is 1.75. The van der Waals surface area contributed by atoms with Crippen LogP contribution >= 0.6 is 0 Å². The molecular formula is C31H24N2. The van der Waals surface area contributed by atoms with Gasteiger partial charge in [-0.1, -0.05) is 91.0 Å². The smallest absolute Gasteiger partial charge is 0.0728 e. The predicted molar refractivity (Wildman–Crippen MR) is 136 cm³/mol. The van der Waals surface area contributed by atoms with Crippen LogP contribution in [0.2, 0.25) is 0 Å². The van der Waals surface area contributed by atoms with Gasteiger partial charge in [0.25, 0.3) is 0 Å². The summed E-state index contributed by atoms with van der Waals surface area (Å²) >= 11 is 0. The molecule has 1 heterocycles. The Morgan fingerprint density at radius 1 is 0.606 bits per heavy atom. The standard InChI is InChI=1S/C31H24N2/c1-21-24(25-13-6-8-16-29(25)32)17-18-28-30(21)26-14-5-7-15-27(26)31(28,22-10-3-2-4-11-22)23-12-9-19-33-20-23/h2-20H,32H2,1H3. The highest BCUT2D eigenvalue weighted by Crippen LogP contribution is 2.57. The Morgan fingerprint density at radius 3 is 2.06 bits per heavy atom. The lowest BCUT2D eigenvalue weighted by Gasteiger charge is -2.33. The molecule has 1 aliphatic carbocycles. The quantitative estimate of drug-likeness (QED) is 0.311. The molecule has 2 N–H and O–H groups in total. The summed E-state index contributed by atoms with van der Waals surface area (Å²) in [5, 5.41) is 0. The highest BCUT2D eigenvalue weighted by atomic mass is 14.6. The predicted octanol–water partition coefficient (Wildman–Crippen LogP) is 7.00. The molecule has 0 fully saturated rings. The number of aromatic nitrogens is 1. The van der Waals surface area contributed by atoms with E-state index < -0.39 is 5.41 Å². The summed E-state index contributed by atoms with van der Waals surface area (Å²) < 4.78 is 0. The maximum atomic E-state index is 6.39. The second-order valence-corrected chi connectivity index (χ2v) is 8.65. The van der Waals surface area contributed by atoms with Crippen LogP contribution in [-0.2, 0) is 5.41 Å². The fourth-order valence-electron chi connectivity index (χ4n) is 5.64. The van der Waals surface area contributed by atoms with Crippen molar-refractivity contribution in [1.82, 2.24) is 4.98 Å². The van der Waals surface area contributed by atoms with Crippen molar-refractivity contribution in [3.05, 3.63) is 143 Å². The summed E-state index contributed by atoms with van der Waals surface area (Å²) in [5.74, 6) is 0. The van der Waals surface area contributed by atoms with E-state index in [0.29, 0.717) is 0 Å². The molecule has 33 heavy (non-hydrogen) atoms. The van der Waals surface area contributed by atoms with Crippen LogP contribution in [0, 0.1) is 6.92 Å². The molecule has 0 saturated carbocycles. The van der Waals surface area contributed by atoms with Gasteiger partial charge in [-0.15, -0.1) is 0 Å². The number of para-hydroxylation sites is 1. The van der Waals surface area contributed by atoms with Gasteiger partial charge in [0, 0.05) is 23.6 Å². The minimum absolute atomic E-state index is 0.424. The molecule has 1 atom stereocenters. The molecule has 0 saturated heterocycles. The number of pyridine rings is 1. The highest BCUT2D eigenvalue weighted by Gasteiger charge is 2.46. The average molecular weight is 425 g/mol. The molecule has 1 aliphatic rings. The molecule has 6 rings (SSSR count). The van der Waals surface area contributed by atoms with E-state index in [0.717, 1.165) is 11.3 Å². The van der Waals surface area contributed by atoms with Crippen LogP contribution in [0.25, 0.3) is 22.3 Å². The van der Waals surface area contributed by atoms with Crippen molar-refractivity contribution in [2.75, 3.05) is 5.73 Å². The van der Waals surface area contributed by atoms with Crippen molar-refractivity contribution < 1.29 is 0 Å². The zero-order valence-corrected chi connectivity index (χ0v) is 18.5. The number of nitrogens with two attached hydrogens (primary N) is 1. The van der Waals surface area contributed by atoms with Gasteiger partial charge in [0.15, 0.2) is 0 Å². The molecule has 4 aromatic carbocycles. The fourth-order valence-corrected chi connectivity index (χ4v) is 5.64. The molecule has 158 valence electrons. The minimum Gasteiger partial charge on any atom is -0.398 e. The first-order valence-electron chi connectivity index (χ1n) is 11.3. The Bertz CT molecular complexity index is 1430. The molecule has 2 heteroatoms. The molecule has 0 amide bonds. The summed E-state index contributed by atoms with van der Waals surface area (Å²) in [7, 11) is 0. The van der Waals surface area contributed by atoms with Crippen molar-refractivity contribution in [2.45, 2.75) is 12.3 Å². The zero-order valence-electron chi connectivity index (χ0n) is 18.5. The normalized spacial score (nSPS) is 16.3. The van der Waals surface area contributed by atoms with Gasteiger partial charge in [0.2, 0.25) is 0 Å². The minimum atomic E-state index is -0.424. The molecule has 0 spiro atoms. The first-order valence-corrected chi connectivity index (χ1v) is 11.3. The van der Waals surface area contributed by atoms with Gasteiger partial charge in [-0.05, 0) is 63.6 Å². The second kappa shape index (κ2) is 7.46. The monoisotopic (exact) mass is 424 g/mol. The van der Waals surface area contributed by atoms with Crippen LogP contribution in [0.5, 0.6) is 0 Å². The number of fused-ring (bicyclic) bond motifs is 3. The summed E-state index contributed by atoms with van der Waals surface area (Å²) in [6.45, 7) is 2.22. The Morgan fingerprint density at radius 2 is 1.30 bits per heavy atom. The van der Waals surface area contributed by atoms with E-state index >= 15 is 0 Å². The van der Waals surface area contributed by atoms with E-state index in [1.54, 1.807) is 0 Å². The topological polar surface area (TPSA) is 38.9 Å². The van der Waals surface area contributed by atoms with Crippen LogP contribution in [0.15, 0.2) is 116 Å². The Hall–Kier alpha value is -4.17. The van der Waals surface area contributed by atoms with Crippen molar-refractivity contribution >= 4 is 5.69 Å². The highest BCUT2D eigenvalue weighted by molar-refractivity contribution is 5.93. The number of nitrogens with zero attached hydrogens (tertiary/aromatic N) is 1. The van der Waals surface area contributed by atoms with E-state index in [1.807, 2.05) is 30.6 Å². The lowest BCUT2D eigenvalue weighted by molar-refractivity contribution is 0.762. The SMILES string of the molecule is Cc1c(-c2ccccc2N)ccc2c1-c1ccccc1C2(c1ccccc1)c1cccnc1. The van der Waals surface area contributed by atoms with E-state index in [1.165, 1.54) is 44.5 Å². The first-order chi connectivity index (χ1) is 16.2. The Labute approximate surface area is 194 Å². The third kappa shape index (κ3) is 2.71. The van der Waals surface area contributed by atoms with Crippen LogP contribution in [0.1, 0.15) is 27.8 Å². The molecule has 5 aromatic rings. The summed E-state index contributed by atoms with van der Waals surface area (Å²) in [4.78, 5) is 4.53. The molecule has 1 unspecified atom stereocenters. The van der Waals surface area contributed by atoms with Gasteiger partial charge in [-0.2, -0.15) is 0 Å². The molecule has 1 aromatic heterocycles. The lowest BCUT2D eigenvalue weighted by Crippen LogP contribution is -2.28. The summed E-state index contributed by atoms with van der Waals surface area (Å²) in [6, 6.07) is 36.5. The first kappa shape index (κ1) is 19.5. The number of hydrogen-bond acceptors (Lipinski definition) is 2. The van der Waals surface area contributed by atoms with Crippen molar-refractivity contribution in [3.63, 3.8) is 0 Å². The maximum absolute atomic E-state index is 6.39. The van der Waals surface area contributed by atoms with Crippen molar-refractivity contribution in [2.24, 2.45) is 0 Å². The Kier molecular flexibility index (Phi) is 4.41. The fraction of sp³-hybridized carbons (Fsp3) is 0.0645. The molecule has 2 nitrogen and oxygen atoms in total. The van der Waals surface area contributed by atoms with E-state index in [-0.39, 0.29) is 0 Å². The third-order valence-electron chi connectivity index (χ3n) is 7.02. The van der Waals surface area contributed by atoms with Gasteiger partial charge < -0.3 is 5.73 Å². The number of rotatable bonds is 3. The van der Waals surface area contributed by atoms with Gasteiger partial charge in [-0.25, -0.2) is 0 Å². The number of anilines is 1. The van der Waals surface area contributed by atoms with Crippen LogP contribution in [0.3, 0.4) is 0 Å². The van der Waals surface area contributed by atoms with Crippen molar-refractivity contribution in [1.29, 1.82) is 0 Å². The van der Waals surface area contributed by atoms with Crippen LogP contribution in [-0.4, -0.2) is 4.98 Å². The summed E-state index contributed by atoms with van der Waals surface area (Å²) in [5.41, 5.74) is 17.8. The van der Waals surface area contributed by atoms with E-state index in [9.17, 15) is 0 Å². The third-order valence-corrected chi connectivity index (χ3v) is 7.02. The molecule has 0 bridgehead atoms. The molecular weight excluding hydrogens is 400 g/mol. The van der Waals surface area contributed by atoms with Gasteiger partial charge in [0.1, 0.15) is 0 Å². The van der Waals surface area contributed by atoms with Gasteiger partial charge >= 0.3 is 0 Å². The zero-order chi connectivity index (χ0) is 22.4. The second-order valence-electron chi connectivity index (χ2n) is 8.65. The van der Waals surface area contributed by atoms with Crippen LogP contribution < -0.4 is 5.73 Å². The number of nitrogen functional groups attached to an aromatic ring is 1. The number of benzene rings is 4. The maximum Gasteiger partial charge on any atom is 0.0728 e. The molecule has 0 radical (unpaired) electrons. The summed E-state index contributed by atoms with van der Waals surface area (Å²) in [6.07, 6.45) is 3.85. The van der Waals surface area contributed by atoms with E-state index in [4.69, 9.17) is 5.73 Å². The molecule has 0 aliphatic heterocycles. The lowest BCUT2D eigenvalue weighted by atomic mass is 9.68. The van der Waals surface area contributed by atoms with Gasteiger partial charge in [-0.3, -0.25) is 4.98 Å². The number of hydrogen-bond donors (Lipinski definition) is 1. The van der Waals surface area contributed by atoms with Crippen LogP contribution in [0.4, 0.5) is 5.69 Å². The average Bonchev–Trinajstić information content (AvgIpc) is 3.18. The van der Waals surface area contributed by atoms with Crippen molar-refractivity contribution in [3.8, 4) is 22.3 Å².